The molecule has 8 heteroatoms. The Labute approximate surface area is 146 Å². The van der Waals surface area contributed by atoms with Crippen molar-refractivity contribution in [2.75, 3.05) is 0 Å². The van der Waals surface area contributed by atoms with Gasteiger partial charge in [0.2, 0.25) is 0 Å². The van der Waals surface area contributed by atoms with Gasteiger partial charge in [-0.1, -0.05) is 42.5 Å². The minimum atomic E-state index is -5.20. The zero-order valence-electron chi connectivity index (χ0n) is 13.6. The number of benzene rings is 2. The van der Waals surface area contributed by atoms with Crippen LogP contribution in [0.1, 0.15) is 18.1 Å². The first-order valence-electron chi connectivity index (χ1n) is 7.51. The Morgan fingerprint density at radius 1 is 1.00 bits per heavy atom. The third kappa shape index (κ3) is 4.01. The Kier molecular flexibility index (Phi) is 5.64. The van der Waals surface area contributed by atoms with E-state index in [4.69, 9.17) is 0 Å². The van der Waals surface area contributed by atoms with Crippen LogP contribution in [0.5, 0.6) is 0 Å². The number of ether oxygens (including phenoxy) is 1. The smallest absolute Gasteiger partial charge is 0.434 e. The van der Waals surface area contributed by atoms with E-state index in [1.807, 2.05) is 0 Å². The number of carbonyl (C=O) groups excluding carboxylic acids is 2. The Morgan fingerprint density at radius 2 is 1.58 bits per heavy atom. The molecule has 0 heterocycles. The van der Waals surface area contributed by atoms with Crippen molar-refractivity contribution in [1.82, 2.24) is 5.32 Å². The van der Waals surface area contributed by atoms with Crippen LogP contribution in [0.2, 0.25) is 0 Å². The molecule has 0 saturated heterocycles. The number of hydrogen-bond donors (Lipinski definition) is 1. The van der Waals surface area contributed by atoms with E-state index in [0.29, 0.717) is 5.56 Å². The normalized spacial score (nSPS) is 13.6. The number of hydrogen-bond acceptors (Lipinski definition) is 3. The van der Waals surface area contributed by atoms with E-state index in [1.54, 1.807) is 0 Å². The monoisotopic (exact) mass is 369 g/mol. The molecule has 1 atom stereocenters. The van der Waals surface area contributed by atoms with Crippen LogP contribution in [-0.2, 0) is 26.5 Å². The summed E-state index contributed by atoms with van der Waals surface area (Å²) in [6, 6.07) is 11.0. The molecule has 0 saturated carbocycles. The van der Waals surface area contributed by atoms with Gasteiger partial charge in [0, 0.05) is 19.0 Å². The van der Waals surface area contributed by atoms with E-state index in [9.17, 15) is 27.2 Å². The highest BCUT2D eigenvalue weighted by molar-refractivity contribution is 5.89. The summed E-state index contributed by atoms with van der Waals surface area (Å²) < 4.78 is 59.0. The number of amides is 1. The molecule has 0 bridgehead atoms. The summed E-state index contributed by atoms with van der Waals surface area (Å²) in [5.74, 6) is -3.33. The fourth-order valence-electron chi connectivity index (χ4n) is 2.38. The van der Waals surface area contributed by atoms with Crippen molar-refractivity contribution in [2.45, 2.75) is 25.2 Å². The molecule has 0 spiro atoms. The number of carbonyl (C=O) groups is 2. The van der Waals surface area contributed by atoms with Crippen LogP contribution in [0, 0.1) is 5.82 Å². The molecule has 1 N–H and O–H groups in total. The third-order valence-corrected chi connectivity index (χ3v) is 3.56. The highest BCUT2D eigenvalue weighted by Gasteiger charge is 2.65. The Morgan fingerprint density at radius 3 is 2.08 bits per heavy atom. The number of esters is 1. The van der Waals surface area contributed by atoms with Crippen molar-refractivity contribution < 1.29 is 31.9 Å². The second kappa shape index (κ2) is 7.55. The van der Waals surface area contributed by atoms with E-state index in [2.05, 4.69) is 10.1 Å². The number of rotatable bonds is 5. The van der Waals surface area contributed by atoms with Crippen LogP contribution in [0.4, 0.5) is 17.6 Å². The molecule has 1 unspecified atom stereocenters. The average Bonchev–Trinajstić information content (AvgIpc) is 2.58. The van der Waals surface area contributed by atoms with Gasteiger partial charge in [-0.3, -0.25) is 9.59 Å². The fraction of sp³-hybridized carbons (Fsp3) is 0.222. The molecule has 2 aromatic carbocycles. The van der Waals surface area contributed by atoms with Crippen molar-refractivity contribution in [3.8, 4) is 0 Å². The average molecular weight is 369 g/mol. The molecule has 0 aliphatic heterocycles. The first-order valence-corrected chi connectivity index (χ1v) is 7.51. The number of halogens is 4. The predicted octanol–water partition coefficient (Wildman–Crippen LogP) is 3.46. The van der Waals surface area contributed by atoms with Gasteiger partial charge in [0.25, 0.3) is 5.91 Å². The van der Waals surface area contributed by atoms with Gasteiger partial charge in [-0.05, 0) is 17.7 Å². The van der Waals surface area contributed by atoms with Gasteiger partial charge >= 0.3 is 17.7 Å². The summed E-state index contributed by atoms with van der Waals surface area (Å²) in [6.45, 7) is 0.488. The van der Waals surface area contributed by atoms with Gasteiger partial charge in [-0.2, -0.15) is 13.2 Å². The van der Waals surface area contributed by atoms with Crippen LogP contribution < -0.4 is 5.32 Å². The van der Waals surface area contributed by atoms with Gasteiger partial charge in [-0.25, -0.2) is 4.39 Å². The van der Waals surface area contributed by atoms with Gasteiger partial charge in [0.1, 0.15) is 5.82 Å². The van der Waals surface area contributed by atoms with Crippen LogP contribution in [-0.4, -0.2) is 18.1 Å². The largest absolute Gasteiger partial charge is 0.442 e. The number of nitrogens with one attached hydrogen (secondary N) is 1. The molecule has 0 radical (unpaired) electrons. The van der Waals surface area contributed by atoms with E-state index in [1.165, 1.54) is 30.3 Å². The molecule has 26 heavy (non-hydrogen) atoms. The number of alkyl halides is 3. The standard InChI is InChI=1S/C18H15F4NO3/c1-12(24)26-17(18(20,21)22,14-5-3-2-4-6-14)16(25)23-11-13-7-9-15(19)10-8-13/h2-10H,11H2,1H3,(H,23,25). The lowest BCUT2D eigenvalue weighted by Crippen LogP contribution is -2.56. The molecule has 4 nitrogen and oxygen atoms in total. The SMILES string of the molecule is CC(=O)OC(C(=O)NCc1ccc(F)cc1)(c1ccccc1)C(F)(F)F. The summed E-state index contributed by atoms with van der Waals surface area (Å²) in [5, 5.41) is 2.11. The summed E-state index contributed by atoms with van der Waals surface area (Å²) in [5.41, 5.74) is -3.63. The zero-order chi connectivity index (χ0) is 19.4. The van der Waals surface area contributed by atoms with Gasteiger partial charge in [0.05, 0.1) is 0 Å². The molecule has 0 aromatic heterocycles. The Balaban J connectivity index is 2.40. The molecule has 0 aliphatic rings. The van der Waals surface area contributed by atoms with Gasteiger partial charge in [0.15, 0.2) is 0 Å². The molecular formula is C18H15F4NO3. The fourth-order valence-corrected chi connectivity index (χ4v) is 2.38. The third-order valence-electron chi connectivity index (χ3n) is 3.56. The maximum absolute atomic E-state index is 13.9. The van der Waals surface area contributed by atoms with Gasteiger partial charge in [-0.15, -0.1) is 0 Å². The molecule has 1 amide bonds. The predicted molar refractivity (Wildman–Crippen MR) is 84.2 cm³/mol. The van der Waals surface area contributed by atoms with Gasteiger partial charge < -0.3 is 10.1 Å². The lowest BCUT2D eigenvalue weighted by molar-refractivity contribution is -0.266. The Bertz CT molecular complexity index is 775. The Hall–Kier alpha value is -2.90. The lowest BCUT2D eigenvalue weighted by atomic mass is 9.91. The van der Waals surface area contributed by atoms with E-state index >= 15 is 0 Å². The van der Waals surface area contributed by atoms with E-state index in [0.717, 1.165) is 31.2 Å². The molecule has 2 rings (SSSR count). The second-order valence-corrected chi connectivity index (χ2v) is 5.45. The minimum Gasteiger partial charge on any atom is -0.434 e. The van der Waals surface area contributed by atoms with Crippen LogP contribution in [0.3, 0.4) is 0 Å². The second-order valence-electron chi connectivity index (χ2n) is 5.45. The van der Waals surface area contributed by atoms with Crippen LogP contribution in [0.25, 0.3) is 0 Å². The minimum absolute atomic E-state index is 0.301. The highest BCUT2D eigenvalue weighted by atomic mass is 19.4. The van der Waals surface area contributed by atoms with Crippen molar-refractivity contribution in [1.29, 1.82) is 0 Å². The van der Waals surface area contributed by atoms with Crippen molar-refractivity contribution >= 4 is 11.9 Å². The first-order chi connectivity index (χ1) is 12.2. The molecule has 2 aromatic rings. The highest BCUT2D eigenvalue weighted by Crippen LogP contribution is 2.42. The van der Waals surface area contributed by atoms with E-state index < -0.39 is 35.0 Å². The van der Waals surface area contributed by atoms with Crippen molar-refractivity contribution in [3.05, 3.63) is 71.5 Å². The van der Waals surface area contributed by atoms with Crippen molar-refractivity contribution in [2.24, 2.45) is 0 Å². The topological polar surface area (TPSA) is 55.4 Å². The van der Waals surface area contributed by atoms with Crippen LogP contribution in [0.15, 0.2) is 54.6 Å². The molecule has 138 valence electrons. The summed E-state index contributed by atoms with van der Waals surface area (Å²) >= 11 is 0. The molecule has 0 fully saturated rings. The summed E-state index contributed by atoms with van der Waals surface area (Å²) in [4.78, 5) is 23.9. The lowest BCUT2D eigenvalue weighted by Gasteiger charge is -2.33. The van der Waals surface area contributed by atoms with Crippen LogP contribution >= 0.6 is 0 Å². The quantitative estimate of drug-likeness (QED) is 0.649. The molecule has 0 aliphatic carbocycles. The summed E-state index contributed by atoms with van der Waals surface area (Å²) in [7, 11) is 0. The first kappa shape index (κ1) is 19.4. The maximum Gasteiger partial charge on any atom is 0.442 e. The summed E-state index contributed by atoms with van der Waals surface area (Å²) in [6.07, 6.45) is -5.20. The zero-order valence-corrected chi connectivity index (χ0v) is 13.6. The maximum atomic E-state index is 13.9. The van der Waals surface area contributed by atoms with Crippen molar-refractivity contribution in [3.63, 3.8) is 0 Å². The van der Waals surface area contributed by atoms with E-state index in [-0.39, 0.29) is 6.54 Å². The molecular weight excluding hydrogens is 354 g/mol.